The largest absolute Gasteiger partial charge is 0.346 e. The molecule has 1 atom stereocenters. The van der Waals surface area contributed by atoms with Gasteiger partial charge in [0.15, 0.2) is 0 Å². The average molecular weight is 254 g/mol. The van der Waals surface area contributed by atoms with E-state index in [9.17, 15) is 4.79 Å². The third-order valence-electron chi connectivity index (χ3n) is 1.92. The minimum atomic E-state index is -0.159. The first kappa shape index (κ1) is 11.0. The number of carbonyl (C=O) groups is 1. The summed E-state index contributed by atoms with van der Waals surface area (Å²) in [5.74, 6) is -0.159. The average Bonchev–Trinajstić information content (AvgIpc) is 2.18. The molecule has 0 radical (unpaired) electrons. The normalized spacial score (nSPS) is 11.9. The monoisotopic (exact) mass is 253 g/mol. The molecule has 0 aliphatic rings. The molecule has 3 heteroatoms. The first-order valence-electron chi connectivity index (χ1n) is 4.32. The molecule has 0 unspecified atom stereocenters. The van der Waals surface area contributed by atoms with E-state index in [2.05, 4.69) is 27.8 Å². The maximum absolute atomic E-state index is 11.1. The Labute approximate surface area is 92.1 Å². The summed E-state index contributed by atoms with van der Waals surface area (Å²) >= 11 is 3.43. The number of hydrogen-bond donors (Lipinski definition) is 1. The fraction of sp³-hybridized carbons (Fsp3) is 0.182. The topological polar surface area (TPSA) is 29.1 Å². The third kappa shape index (κ3) is 2.70. The van der Waals surface area contributed by atoms with E-state index in [1.807, 2.05) is 31.2 Å². The summed E-state index contributed by atoms with van der Waals surface area (Å²) in [6.45, 7) is 5.34. The Morgan fingerprint density at radius 2 is 2.21 bits per heavy atom. The molecule has 1 rings (SSSR count). The Balaban J connectivity index is 2.79. The Kier molecular flexibility index (Phi) is 3.89. The molecule has 0 aromatic heterocycles. The number of hydrogen-bond acceptors (Lipinski definition) is 1. The van der Waals surface area contributed by atoms with Crippen molar-refractivity contribution >= 4 is 21.8 Å². The first-order chi connectivity index (χ1) is 6.65. The predicted octanol–water partition coefficient (Wildman–Crippen LogP) is 2.81. The quantitative estimate of drug-likeness (QED) is 0.825. The maximum atomic E-state index is 11.1. The smallest absolute Gasteiger partial charge is 0.243 e. The lowest BCUT2D eigenvalue weighted by Gasteiger charge is -2.14. The molecule has 1 aromatic carbocycles. The molecule has 0 aliphatic heterocycles. The Morgan fingerprint density at radius 1 is 1.57 bits per heavy atom. The van der Waals surface area contributed by atoms with E-state index in [1.165, 1.54) is 6.08 Å². The highest BCUT2D eigenvalue weighted by molar-refractivity contribution is 9.10. The van der Waals surface area contributed by atoms with E-state index in [1.54, 1.807) is 0 Å². The number of carbonyl (C=O) groups excluding carboxylic acids is 1. The molecule has 2 nitrogen and oxygen atoms in total. The van der Waals surface area contributed by atoms with Crippen molar-refractivity contribution in [3.8, 4) is 0 Å². The summed E-state index contributed by atoms with van der Waals surface area (Å²) in [5.41, 5.74) is 1.06. The molecule has 0 aliphatic carbocycles. The third-order valence-corrected chi connectivity index (χ3v) is 2.64. The predicted molar refractivity (Wildman–Crippen MR) is 60.9 cm³/mol. The summed E-state index contributed by atoms with van der Waals surface area (Å²) in [7, 11) is 0. The van der Waals surface area contributed by atoms with Gasteiger partial charge < -0.3 is 5.32 Å². The molecule has 0 spiro atoms. The number of rotatable bonds is 3. The number of halogens is 1. The van der Waals surface area contributed by atoms with Gasteiger partial charge >= 0.3 is 0 Å². The van der Waals surface area contributed by atoms with Gasteiger partial charge in [0.1, 0.15) is 0 Å². The second-order valence-electron chi connectivity index (χ2n) is 2.96. The Bertz CT molecular complexity index is 349. The summed E-state index contributed by atoms with van der Waals surface area (Å²) in [6.07, 6.45) is 1.27. The molecular weight excluding hydrogens is 242 g/mol. The van der Waals surface area contributed by atoms with Gasteiger partial charge in [-0.05, 0) is 24.6 Å². The van der Waals surface area contributed by atoms with Crippen molar-refractivity contribution < 1.29 is 4.79 Å². The first-order valence-corrected chi connectivity index (χ1v) is 5.12. The van der Waals surface area contributed by atoms with E-state index in [0.29, 0.717) is 0 Å². The highest BCUT2D eigenvalue weighted by Crippen LogP contribution is 2.22. The van der Waals surface area contributed by atoms with Gasteiger partial charge in [-0.3, -0.25) is 4.79 Å². The van der Waals surface area contributed by atoms with Crippen LogP contribution >= 0.6 is 15.9 Å². The van der Waals surface area contributed by atoms with Crippen LogP contribution in [0.1, 0.15) is 18.5 Å². The highest BCUT2D eigenvalue weighted by atomic mass is 79.9. The summed E-state index contributed by atoms with van der Waals surface area (Å²) < 4.78 is 0.997. The lowest BCUT2D eigenvalue weighted by Crippen LogP contribution is -2.24. The van der Waals surface area contributed by atoms with Gasteiger partial charge in [0, 0.05) is 4.47 Å². The fourth-order valence-corrected chi connectivity index (χ4v) is 1.80. The van der Waals surface area contributed by atoms with Crippen molar-refractivity contribution in [2.45, 2.75) is 13.0 Å². The number of nitrogens with one attached hydrogen (secondary N) is 1. The van der Waals surface area contributed by atoms with E-state index in [4.69, 9.17) is 0 Å². The van der Waals surface area contributed by atoms with Gasteiger partial charge in [0.2, 0.25) is 5.91 Å². The van der Waals surface area contributed by atoms with Crippen LogP contribution in [-0.4, -0.2) is 5.91 Å². The van der Waals surface area contributed by atoms with Crippen LogP contribution in [0.25, 0.3) is 0 Å². The molecule has 0 saturated carbocycles. The van der Waals surface area contributed by atoms with Crippen LogP contribution in [-0.2, 0) is 4.79 Å². The second kappa shape index (κ2) is 4.96. The maximum Gasteiger partial charge on any atom is 0.243 e. The molecule has 74 valence electrons. The van der Waals surface area contributed by atoms with Crippen molar-refractivity contribution in [2.24, 2.45) is 0 Å². The Morgan fingerprint density at radius 3 is 2.79 bits per heavy atom. The van der Waals surface area contributed by atoms with Gasteiger partial charge in [-0.25, -0.2) is 0 Å². The van der Waals surface area contributed by atoms with Gasteiger partial charge in [-0.1, -0.05) is 40.7 Å². The molecule has 1 amide bonds. The minimum absolute atomic E-state index is 0.0175. The molecule has 1 N–H and O–H groups in total. The standard InChI is InChI=1S/C11H12BrNO/c1-3-11(14)13-8(2)9-6-4-5-7-10(9)12/h3-8H,1H2,2H3,(H,13,14)/t8-/m1/s1. The summed E-state index contributed by atoms with van der Waals surface area (Å²) in [6, 6.07) is 7.78. The zero-order valence-corrected chi connectivity index (χ0v) is 9.54. The molecule has 1 aromatic rings. The highest BCUT2D eigenvalue weighted by Gasteiger charge is 2.09. The van der Waals surface area contributed by atoms with E-state index in [0.717, 1.165) is 10.0 Å². The van der Waals surface area contributed by atoms with Gasteiger partial charge in [0.05, 0.1) is 6.04 Å². The molecule has 0 heterocycles. The van der Waals surface area contributed by atoms with E-state index < -0.39 is 0 Å². The van der Waals surface area contributed by atoms with Crippen LogP contribution in [0.3, 0.4) is 0 Å². The molecule has 0 bridgehead atoms. The molecule has 14 heavy (non-hydrogen) atoms. The van der Waals surface area contributed by atoms with Crippen molar-refractivity contribution in [1.29, 1.82) is 0 Å². The van der Waals surface area contributed by atoms with Gasteiger partial charge in [-0.2, -0.15) is 0 Å². The fourth-order valence-electron chi connectivity index (χ4n) is 1.18. The lowest BCUT2D eigenvalue weighted by atomic mass is 10.1. The molecule has 0 saturated heterocycles. The minimum Gasteiger partial charge on any atom is -0.346 e. The van der Waals surface area contributed by atoms with Crippen LogP contribution in [0.2, 0.25) is 0 Å². The number of benzene rings is 1. The van der Waals surface area contributed by atoms with Gasteiger partial charge in [0.25, 0.3) is 0 Å². The second-order valence-corrected chi connectivity index (χ2v) is 3.81. The van der Waals surface area contributed by atoms with Crippen molar-refractivity contribution in [3.05, 3.63) is 47.0 Å². The van der Waals surface area contributed by atoms with Crippen LogP contribution in [0.15, 0.2) is 41.4 Å². The van der Waals surface area contributed by atoms with Crippen molar-refractivity contribution in [1.82, 2.24) is 5.32 Å². The van der Waals surface area contributed by atoms with E-state index in [-0.39, 0.29) is 11.9 Å². The molecule has 0 fully saturated rings. The number of amides is 1. The summed E-state index contributed by atoms with van der Waals surface area (Å²) in [5, 5.41) is 2.80. The zero-order valence-electron chi connectivity index (χ0n) is 7.96. The zero-order chi connectivity index (χ0) is 10.6. The SMILES string of the molecule is C=CC(=O)N[C@H](C)c1ccccc1Br. The van der Waals surface area contributed by atoms with E-state index >= 15 is 0 Å². The van der Waals surface area contributed by atoms with Crippen molar-refractivity contribution in [2.75, 3.05) is 0 Å². The van der Waals surface area contributed by atoms with Crippen LogP contribution in [0.5, 0.6) is 0 Å². The van der Waals surface area contributed by atoms with Gasteiger partial charge in [-0.15, -0.1) is 0 Å². The van der Waals surface area contributed by atoms with Crippen LogP contribution < -0.4 is 5.32 Å². The molecular formula is C11H12BrNO. The summed E-state index contributed by atoms with van der Waals surface area (Å²) in [4.78, 5) is 11.1. The lowest BCUT2D eigenvalue weighted by molar-refractivity contribution is -0.117. The Hall–Kier alpha value is -1.09. The van der Waals surface area contributed by atoms with Crippen LogP contribution in [0, 0.1) is 0 Å². The van der Waals surface area contributed by atoms with Crippen molar-refractivity contribution in [3.63, 3.8) is 0 Å². The van der Waals surface area contributed by atoms with Crippen LogP contribution in [0.4, 0.5) is 0 Å².